The Morgan fingerprint density at radius 2 is 2.03 bits per heavy atom. The van der Waals surface area contributed by atoms with Crippen molar-refractivity contribution in [3.8, 4) is 11.5 Å². The van der Waals surface area contributed by atoms with Crippen LogP contribution in [0.15, 0.2) is 28.5 Å². The molecule has 0 bridgehead atoms. The second-order valence-electron chi connectivity index (χ2n) is 6.42. The number of rotatable bonds is 9. The average Bonchev–Trinajstić information content (AvgIpc) is 3.23. The van der Waals surface area contributed by atoms with E-state index in [-0.39, 0.29) is 23.1 Å². The fourth-order valence-corrected chi connectivity index (χ4v) is 3.73. The Bertz CT molecular complexity index is 1160. The van der Waals surface area contributed by atoms with Crippen LogP contribution in [-0.4, -0.2) is 49.5 Å². The maximum Gasteiger partial charge on any atom is 0.387 e. The van der Waals surface area contributed by atoms with Crippen molar-refractivity contribution in [2.24, 2.45) is 5.10 Å². The minimum absolute atomic E-state index is 0.0190. The number of halogens is 2. The van der Waals surface area contributed by atoms with Crippen LogP contribution in [0.1, 0.15) is 22.8 Å². The monoisotopic (exact) mass is 467 g/mol. The van der Waals surface area contributed by atoms with Crippen molar-refractivity contribution in [1.82, 2.24) is 24.7 Å². The molecule has 0 saturated carbocycles. The first-order chi connectivity index (χ1) is 15.2. The molecule has 0 aliphatic carbocycles. The zero-order valence-electron chi connectivity index (χ0n) is 17.5. The second kappa shape index (κ2) is 9.72. The van der Waals surface area contributed by atoms with E-state index in [9.17, 15) is 18.9 Å². The molecule has 32 heavy (non-hydrogen) atoms. The highest BCUT2D eigenvalue weighted by Gasteiger charge is 2.22. The zero-order chi connectivity index (χ0) is 23.4. The van der Waals surface area contributed by atoms with Gasteiger partial charge < -0.3 is 9.47 Å². The minimum Gasteiger partial charge on any atom is -0.493 e. The lowest BCUT2D eigenvalue weighted by Gasteiger charge is -2.10. The van der Waals surface area contributed by atoms with Gasteiger partial charge in [-0.05, 0) is 44.5 Å². The molecular formula is C18H19F2N7O4S. The predicted octanol–water partition coefficient (Wildman–Crippen LogP) is 3.55. The molecule has 0 aliphatic heterocycles. The Hall–Kier alpha value is -3.55. The van der Waals surface area contributed by atoms with Crippen LogP contribution in [0.2, 0.25) is 0 Å². The lowest BCUT2D eigenvalue weighted by molar-refractivity contribution is -0.386. The number of thioether (sulfide) groups is 1. The number of methoxy groups -OCH3 is 1. The summed E-state index contributed by atoms with van der Waals surface area (Å²) in [7, 11) is 1.34. The van der Waals surface area contributed by atoms with Crippen LogP contribution in [0.4, 0.5) is 14.5 Å². The van der Waals surface area contributed by atoms with E-state index < -0.39 is 11.5 Å². The van der Waals surface area contributed by atoms with Crippen molar-refractivity contribution >= 4 is 23.7 Å². The lowest BCUT2D eigenvalue weighted by Crippen LogP contribution is -2.04. The molecule has 0 saturated heterocycles. The summed E-state index contributed by atoms with van der Waals surface area (Å²) in [6, 6.07) is 4.41. The average molecular weight is 467 g/mol. The van der Waals surface area contributed by atoms with E-state index in [1.54, 1.807) is 26.8 Å². The molecule has 0 aliphatic rings. The highest BCUT2D eigenvalue weighted by atomic mass is 32.2. The molecule has 3 rings (SSSR count). The van der Waals surface area contributed by atoms with Crippen molar-refractivity contribution in [2.75, 3.05) is 7.11 Å². The summed E-state index contributed by atoms with van der Waals surface area (Å²) < 4.78 is 37.5. The van der Waals surface area contributed by atoms with Crippen LogP contribution in [-0.2, 0) is 5.88 Å². The normalized spacial score (nSPS) is 11.5. The smallest absolute Gasteiger partial charge is 0.387 e. The molecule has 0 spiro atoms. The predicted molar refractivity (Wildman–Crippen MR) is 112 cm³/mol. The molecule has 0 fully saturated rings. The Labute approximate surface area is 185 Å². The van der Waals surface area contributed by atoms with E-state index in [0.717, 1.165) is 0 Å². The summed E-state index contributed by atoms with van der Waals surface area (Å²) in [5.74, 6) is 0.820. The van der Waals surface area contributed by atoms with Crippen LogP contribution in [0.3, 0.4) is 0 Å². The van der Waals surface area contributed by atoms with E-state index in [0.29, 0.717) is 27.9 Å². The van der Waals surface area contributed by atoms with Crippen molar-refractivity contribution in [2.45, 2.75) is 38.4 Å². The van der Waals surface area contributed by atoms with Gasteiger partial charge in [0.25, 0.3) is 0 Å². The fourth-order valence-electron chi connectivity index (χ4n) is 2.84. The fraction of sp³-hybridized carbons (Fsp3) is 0.333. The SMILES string of the molecule is COc1cc(C=Nn2c(C)nnc2SCn2nc(C)c([N+](=O)[O-])c2C)ccc1OC(F)F. The van der Waals surface area contributed by atoms with Gasteiger partial charge in [-0.2, -0.15) is 23.7 Å². The third-order valence-electron chi connectivity index (χ3n) is 4.34. The number of nitrogens with zero attached hydrogens (tertiary/aromatic N) is 7. The van der Waals surface area contributed by atoms with Gasteiger partial charge >= 0.3 is 12.3 Å². The van der Waals surface area contributed by atoms with Crippen molar-refractivity contribution in [3.05, 3.63) is 51.1 Å². The third kappa shape index (κ3) is 5.01. The summed E-state index contributed by atoms with van der Waals surface area (Å²) in [6.45, 7) is 1.95. The first-order valence-electron chi connectivity index (χ1n) is 9.11. The molecule has 170 valence electrons. The summed E-state index contributed by atoms with van der Waals surface area (Å²) >= 11 is 1.25. The number of alkyl halides is 2. The molecule has 0 radical (unpaired) electrons. The number of hydrogen-bond donors (Lipinski definition) is 0. The molecular weight excluding hydrogens is 448 g/mol. The first-order valence-corrected chi connectivity index (χ1v) is 10.1. The Kier molecular flexibility index (Phi) is 7.02. The van der Waals surface area contributed by atoms with Crippen molar-refractivity contribution in [1.29, 1.82) is 0 Å². The molecule has 3 aromatic rings. The Morgan fingerprint density at radius 3 is 2.66 bits per heavy atom. The highest BCUT2D eigenvalue weighted by molar-refractivity contribution is 7.98. The summed E-state index contributed by atoms with van der Waals surface area (Å²) in [5.41, 5.74) is 1.32. The molecule has 2 heterocycles. The van der Waals surface area contributed by atoms with Crippen molar-refractivity contribution < 1.29 is 23.2 Å². The summed E-state index contributed by atoms with van der Waals surface area (Å²) in [4.78, 5) is 10.7. The molecule has 1 aromatic carbocycles. The van der Waals surface area contributed by atoms with Gasteiger partial charge in [0.15, 0.2) is 17.3 Å². The topological polar surface area (TPSA) is 122 Å². The molecule has 2 aromatic heterocycles. The first kappa shape index (κ1) is 23.1. The maximum absolute atomic E-state index is 12.5. The summed E-state index contributed by atoms with van der Waals surface area (Å²) in [6.07, 6.45) is 1.49. The Morgan fingerprint density at radius 1 is 1.28 bits per heavy atom. The standard InChI is InChI=1S/C18H19F2N7O4S/c1-10-16(27(28)29)11(2)25(24-10)9-32-18-23-22-12(3)26(18)21-8-13-5-6-14(31-17(19)20)15(7-13)30-4/h5-8,17H,9H2,1-4H3. The molecule has 0 N–H and O–H groups in total. The van der Waals surface area contributed by atoms with Crippen LogP contribution >= 0.6 is 11.8 Å². The van der Waals surface area contributed by atoms with Crippen LogP contribution in [0.5, 0.6) is 11.5 Å². The number of nitro groups is 1. The molecule has 14 heteroatoms. The lowest BCUT2D eigenvalue weighted by atomic mass is 10.2. The van der Waals surface area contributed by atoms with Gasteiger partial charge in [-0.25, -0.2) is 0 Å². The van der Waals surface area contributed by atoms with Gasteiger partial charge in [0.1, 0.15) is 11.4 Å². The molecule has 0 atom stereocenters. The third-order valence-corrected chi connectivity index (χ3v) is 5.22. The van der Waals surface area contributed by atoms with Gasteiger partial charge in [-0.1, -0.05) is 11.8 Å². The van der Waals surface area contributed by atoms with Crippen LogP contribution < -0.4 is 9.47 Å². The largest absolute Gasteiger partial charge is 0.493 e. The van der Waals surface area contributed by atoms with Gasteiger partial charge in [0, 0.05) is 0 Å². The molecule has 0 amide bonds. The van der Waals surface area contributed by atoms with E-state index in [2.05, 4.69) is 25.1 Å². The van der Waals surface area contributed by atoms with E-state index in [4.69, 9.17) is 4.74 Å². The van der Waals surface area contributed by atoms with Crippen molar-refractivity contribution in [3.63, 3.8) is 0 Å². The van der Waals surface area contributed by atoms with E-state index in [1.807, 2.05) is 0 Å². The number of hydrogen-bond acceptors (Lipinski definition) is 9. The van der Waals surface area contributed by atoms with E-state index in [1.165, 1.54) is 46.6 Å². The number of aryl methyl sites for hydroxylation is 2. The Balaban J connectivity index is 1.79. The number of ether oxygens (including phenoxy) is 2. The van der Waals surface area contributed by atoms with Gasteiger partial charge in [0.2, 0.25) is 5.16 Å². The molecule has 0 unspecified atom stereocenters. The van der Waals surface area contributed by atoms with Crippen LogP contribution in [0.25, 0.3) is 0 Å². The highest BCUT2D eigenvalue weighted by Crippen LogP contribution is 2.29. The second-order valence-corrected chi connectivity index (χ2v) is 7.34. The summed E-state index contributed by atoms with van der Waals surface area (Å²) in [5, 5.41) is 28.3. The number of aromatic nitrogens is 5. The van der Waals surface area contributed by atoms with Gasteiger partial charge in [0.05, 0.1) is 24.1 Å². The van der Waals surface area contributed by atoms with Gasteiger partial charge in [-0.3, -0.25) is 14.8 Å². The quantitative estimate of drug-likeness (QED) is 0.203. The van der Waals surface area contributed by atoms with E-state index >= 15 is 0 Å². The minimum atomic E-state index is -2.97. The maximum atomic E-state index is 12.5. The van der Waals surface area contributed by atoms with Gasteiger partial charge in [-0.15, -0.1) is 10.2 Å². The molecule has 11 nitrogen and oxygen atoms in total. The van der Waals surface area contributed by atoms with Crippen LogP contribution in [0, 0.1) is 30.9 Å². The zero-order valence-corrected chi connectivity index (χ0v) is 18.3. The number of benzene rings is 1.